The van der Waals surface area contributed by atoms with Crippen LogP contribution in [0, 0.1) is 6.92 Å². The van der Waals surface area contributed by atoms with Crippen LogP contribution in [0.1, 0.15) is 29.8 Å². The molecule has 0 amide bonds. The molecule has 1 atom stereocenters. The molecule has 0 aliphatic carbocycles. The molecule has 0 radical (unpaired) electrons. The maximum absolute atomic E-state index is 5.86. The van der Waals surface area contributed by atoms with Crippen LogP contribution in [0.5, 0.6) is 5.88 Å². The van der Waals surface area contributed by atoms with E-state index in [4.69, 9.17) is 10.5 Å². The van der Waals surface area contributed by atoms with E-state index in [1.807, 2.05) is 56.3 Å². The second-order valence-corrected chi connectivity index (χ2v) is 4.33. The fourth-order valence-corrected chi connectivity index (χ4v) is 1.86. The summed E-state index contributed by atoms with van der Waals surface area (Å²) in [6.07, 6.45) is -0.0221. The Labute approximate surface area is 108 Å². The molecular formula is C15H18N2O. The van der Waals surface area contributed by atoms with Gasteiger partial charge in [0.15, 0.2) is 0 Å². The highest BCUT2D eigenvalue weighted by molar-refractivity contribution is 5.26. The Balaban J connectivity index is 2.16. The lowest BCUT2D eigenvalue weighted by Crippen LogP contribution is -2.06. The van der Waals surface area contributed by atoms with Crippen molar-refractivity contribution in [2.75, 3.05) is 0 Å². The molecule has 2 aromatic rings. The van der Waals surface area contributed by atoms with E-state index in [0.29, 0.717) is 12.4 Å². The second kappa shape index (κ2) is 5.65. The summed E-state index contributed by atoms with van der Waals surface area (Å²) >= 11 is 0. The Morgan fingerprint density at radius 3 is 2.61 bits per heavy atom. The summed E-state index contributed by atoms with van der Waals surface area (Å²) in [6, 6.07) is 14.0. The van der Waals surface area contributed by atoms with Crippen LogP contribution >= 0.6 is 0 Å². The van der Waals surface area contributed by atoms with Crippen molar-refractivity contribution in [2.24, 2.45) is 5.73 Å². The van der Waals surface area contributed by atoms with E-state index in [0.717, 1.165) is 16.8 Å². The predicted octanol–water partition coefficient (Wildman–Crippen LogP) is 2.99. The monoisotopic (exact) mass is 242 g/mol. The van der Waals surface area contributed by atoms with Gasteiger partial charge in [-0.25, -0.2) is 4.98 Å². The van der Waals surface area contributed by atoms with Gasteiger partial charge in [-0.05, 0) is 31.0 Å². The van der Waals surface area contributed by atoms with E-state index in [2.05, 4.69) is 4.98 Å². The zero-order chi connectivity index (χ0) is 13.0. The molecule has 0 fully saturated rings. The summed E-state index contributed by atoms with van der Waals surface area (Å²) in [5.41, 5.74) is 8.74. The average Bonchev–Trinajstić information content (AvgIpc) is 2.39. The molecule has 94 valence electrons. The van der Waals surface area contributed by atoms with Crippen LogP contribution < -0.4 is 10.5 Å². The third-order valence-electron chi connectivity index (χ3n) is 2.79. The number of rotatable bonds is 4. The van der Waals surface area contributed by atoms with E-state index >= 15 is 0 Å². The van der Waals surface area contributed by atoms with Crippen molar-refractivity contribution in [3.63, 3.8) is 0 Å². The Morgan fingerprint density at radius 1 is 1.22 bits per heavy atom. The van der Waals surface area contributed by atoms with Crippen LogP contribution in [0.25, 0.3) is 0 Å². The fourth-order valence-electron chi connectivity index (χ4n) is 1.86. The highest BCUT2D eigenvalue weighted by Gasteiger charge is 2.08. The standard InChI is InChI=1S/C15H18N2O/c1-11-8-13(10-16)9-15(17-11)18-12(2)14-6-4-3-5-7-14/h3-9,12H,10,16H2,1-2H3. The zero-order valence-corrected chi connectivity index (χ0v) is 10.8. The topological polar surface area (TPSA) is 48.1 Å². The Hall–Kier alpha value is -1.87. The van der Waals surface area contributed by atoms with Gasteiger partial charge in [0.05, 0.1) is 0 Å². The number of nitrogens with two attached hydrogens (primary N) is 1. The summed E-state index contributed by atoms with van der Waals surface area (Å²) in [5, 5.41) is 0. The van der Waals surface area contributed by atoms with Crippen molar-refractivity contribution in [3.05, 3.63) is 59.3 Å². The van der Waals surface area contributed by atoms with Crippen LogP contribution in [0.3, 0.4) is 0 Å². The van der Waals surface area contributed by atoms with E-state index in [-0.39, 0.29) is 6.10 Å². The molecule has 2 rings (SSSR count). The normalized spacial score (nSPS) is 12.2. The van der Waals surface area contributed by atoms with Crippen LogP contribution in [-0.2, 0) is 6.54 Å². The second-order valence-electron chi connectivity index (χ2n) is 4.33. The molecule has 0 saturated heterocycles. The molecule has 2 N–H and O–H groups in total. The number of pyridine rings is 1. The highest BCUT2D eigenvalue weighted by Crippen LogP contribution is 2.21. The minimum Gasteiger partial charge on any atom is -0.470 e. The molecule has 1 unspecified atom stereocenters. The molecule has 0 spiro atoms. The van der Waals surface area contributed by atoms with Crippen LogP contribution in [0.4, 0.5) is 0 Å². The smallest absolute Gasteiger partial charge is 0.214 e. The first-order valence-corrected chi connectivity index (χ1v) is 6.08. The van der Waals surface area contributed by atoms with E-state index in [1.54, 1.807) is 0 Å². The molecule has 3 heteroatoms. The minimum absolute atomic E-state index is 0.0221. The van der Waals surface area contributed by atoms with Gasteiger partial charge in [-0.15, -0.1) is 0 Å². The van der Waals surface area contributed by atoms with E-state index < -0.39 is 0 Å². The van der Waals surface area contributed by atoms with Gasteiger partial charge in [0.25, 0.3) is 0 Å². The van der Waals surface area contributed by atoms with E-state index in [9.17, 15) is 0 Å². The molecule has 3 nitrogen and oxygen atoms in total. The summed E-state index contributed by atoms with van der Waals surface area (Å²) < 4.78 is 5.86. The fraction of sp³-hybridized carbons (Fsp3) is 0.267. The predicted molar refractivity (Wildman–Crippen MR) is 72.4 cm³/mol. The molecule has 0 aliphatic heterocycles. The molecule has 0 bridgehead atoms. The van der Waals surface area contributed by atoms with Gasteiger partial charge in [0, 0.05) is 18.3 Å². The largest absolute Gasteiger partial charge is 0.470 e. The highest BCUT2D eigenvalue weighted by atomic mass is 16.5. The molecule has 1 heterocycles. The number of aromatic nitrogens is 1. The van der Waals surface area contributed by atoms with Crippen molar-refractivity contribution in [1.82, 2.24) is 4.98 Å². The zero-order valence-electron chi connectivity index (χ0n) is 10.8. The average molecular weight is 242 g/mol. The third-order valence-corrected chi connectivity index (χ3v) is 2.79. The quantitative estimate of drug-likeness (QED) is 0.896. The third kappa shape index (κ3) is 3.08. The van der Waals surface area contributed by atoms with Crippen molar-refractivity contribution in [3.8, 4) is 5.88 Å². The van der Waals surface area contributed by atoms with Gasteiger partial charge in [0.2, 0.25) is 5.88 Å². The molecular weight excluding hydrogens is 224 g/mol. The Morgan fingerprint density at radius 2 is 1.94 bits per heavy atom. The van der Waals surface area contributed by atoms with Crippen molar-refractivity contribution >= 4 is 0 Å². The number of aryl methyl sites for hydroxylation is 1. The lowest BCUT2D eigenvalue weighted by Gasteiger charge is -2.15. The Kier molecular flexibility index (Phi) is 3.95. The van der Waals surface area contributed by atoms with E-state index in [1.165, 1.54) is 0 Å². The molecule has 1 aromatic heterocycles. The first kappa shape index (κ1) is 12.6. The lowest BCUT2D eigenvalue weighted by atomic mass is 10.1. The van der Waals surface area contributed by atoms with Crippen LogP contribution in [-0.4, -0.2) is 4.98 Å². The summed E-state index contributed by atoms with van der Waals surface area (Å²) in [7, 11) is 0. The van der Waals surface area contributed by atoms with Gasteiger partial charge in [-0.2, -0.15) is 0 Å². The molecule has 1 aromatic carbocycles. The Bertz CT molecular complexity index is 511. The molecule has 0 aliphatic rings. The van der Waals surface area contributed by atoms with Crippen molar-refractivity contribution in [1.29, 1.82) is 0 Å². The summed E-state index contributed by atoms with van der Waals surface area (Å²) in [6.45, 7) is 4.46. The summed E-state index contributed by atoms with van der Waals surface area (Å²) in [5.74, 6) is 0.631. The maximum Gasteiger partial charge on any atom is 0.214 e. The molecule has 18 heavy (non-hydrogen) atoms. The van der Waals surface area contributed by atoms with Crippen LogP contribution in [0.2, 0.25) is 0 Å². The van der Waals surface area contributed by atoms with Crippen molar-refractivity contribution < 1.29 is 4.74 Å². The van der Waals surface area contributed by atoms with Crippen molar-refractivity contribution in [2.45, 2.75) is 26.5 Å². The first-order valence-electron chi connectivity index (χ1n) is 6.08. The minimum atomic E-state index is -0.0221. The number of benzene rings is 1. The number of nitrogens with zero attached hydrogens (tertiary/aromatic N) is 1. The number of hydrogen-bond donors (Lipinski definition) is 1. The lowest BCUT2D eigenvalue weighted by molar-refractivity contribution is 0.217. The van der Waals surface area contributed by atoms with Gasteiger partial charge >= 0.3 is 0 Å². The van der Waals surface area contributed by atoms with Gasteiger partial charge in [0.1, 0.15) is 6.10 Å². The van der Waals surface area contributed by atoms with Gasteiger partial charge < -0.3 is 10.5 Å². The number of hydrogen-bond acceptors (Lipinski definition) is 3. The van der Waals surface area contributed by atoms with Crippen LogP contribution in [0.15, 0.2) is 42.5 Å². The summed E-state index contributed by atoms with van der Waals surface area (Å²) in [4.78, 5) is 4.37. The maximum atomic E-state index is 5.86. The SMILES string of the molecule is Cc1cc(CN)cc(OC(C)c2ccccc2)n1. The first-order chi connectivity index (χ1) is 8.69. The van der Waals surface area contributed by atoms with Gasteiger partial charge in [-0.1, -0.05) is 30.3 Å². The molecule has 0 saturated carbocycles. The van der Waals surface area contributed by atoms with Gasteiger partial charge in [-0.3, -0.25) is 0 Å². The number of ether oxygens (including phenoxy) is 1.